The highest BCUT2D eigenvalue weighted by atomic mass is 35.5. The molecule has 18 heavy (non-hydrogen) atoms. The number of hydrogen-bond donors (Lipinski definition) is 1. The molecule has 0 amide bonds. The fraction of sp³-hybridized carbons (Fsp3) is 0.333. The first-order chi connectivity index (χ1) is 8.30. The van der Waals surface area contributed by atoms with Crippen molar-refractivity contribution in [2.24, 2.45) is 0 Å². The van der Waals surface area contributed by atoms with E-state index in [1.54, 1.807) is 0 Å². The minimum atomic E-state index is -5.05. The summed E-state index contributed by atoms with van der Waals surface area (Å²) in [4.78, 5) is 14.4. The lowest BCUT2D eigenvalue weighted by atomic mass is 10.2. The van der Waals surface area contributed by atoms with Gasteiger partial charge in [0.15, 0.2) is 11.5 Å². The number of carbonyl (C=O) groups is 1. The molecule has 0 aliphatic heterocycles. The van der Waals surface area contributed by atoms with E-state index < -0.39 is 29.4 Å². The van der Waals surface area contributed by atoms with Crippen molar-refractivity contribution in [1.29, 1.82) is 0 Å². The molecule has 0 aliphatic rings. The number of alkyl halides is 4. The fourth-order valence-electron chi connectivity index (χ4n) is 1.19. The lowest BCUT2D eigenvalue weighted by Gasteiger charge is -2.16. The minimum absolute atomic E-state index is 0.0524. The number of hydrogen-bond acceptors (Lipinski definition) is 4. The van der Waals surface area contributed by atoms with Crippen LogP contribution in [0, 0.1) is 0 Å². The average molecular weight is 286 g/mol. The van der Waals surface area contributed by atoms with Crippen molar-refractivity contribution in [1.82, 2.24) is 4.98 Å². The normalized spacial score (nSPS) is 11.2. The summed E-state index contributed by atoms with van der Waals surface area (Å²) in [6, 6.07) is 0. The molecule has 0 fully saturated rings. The number of pyridine rings is 1. The first-order valence-corrected chi connectivity index (χ1v) is 4.94. The van der Waals surface area contributed by atoms with Gasteiger partial charge in [-0.3, -0.25) is 4.98 Å². The molecule has 0 saturated heterocycles. The topological polar surface area (TPSA) is 68.7 Å². The molecular weight excluding hydrogens is 279 g/mol. The van der Waals surface area contributed by atoms with Crippen LogP contribution in [0.4, 0.5) is 13.2 Å². The van der Waals surface area contributed by atoms with Gasteiger partial charge >= 0.3 is 12.3 Å². The monoisotopic (exact) mass is 285 g/mol. The molecule has 1 N–H and O–H groups in total. The maximum absolute atomic E-state index is 12.2. The van der Waals surface area contributed by atoms with Crippen molar-refractivity contribution in [2.75, 3.05) is 7.11 Å². The first-order valence-electron chi connectivity index (χ1n) is 4.41. The van der Waals surface area contributed by atoms with Gasteiger partial charge in [-0.15, -0.1) is 24.8 Å². The number of carboxylic acids is 1. The van der Waals surface area contributed by atoms with E-state index in [0.29, 0.717) is 0 Å². The third kappa shape index (κ3) is 3.16. The second-order valence-electron chi connectivity index (χ2n) is 2.97. The maximum Gasteiger partial charge on any atom is 0.573 e. The molecular formula is C9H7ClF3NO4. The van der Waals surface area contributed by atoms with Crippen molar-refractivity contribution in [3.63, 3.8) is 0 Å². The van der Waals surface area contributed by atoms with E-state index in [4.69, 9.17) is 16.7 Å². The second-order valence-corrected chi connectivity index (χ2v) is 3.23. The Morgan fingerprint density at radius 1 is 1.50 bits per heavy atom. The predicted molar refractivity (Wildman–Crippen MR) is 54.0 cm³/mol. The van der Waals surface area contributed by atoms with Crippen LogP contribution in [0.1, 0.15) is 16.1 Å². The van der Waals surface area contributed by atoms with Crippen LogP contribution in [0.2, 0.25) is 0 Å². The Balaban J connectivity index is 3.43. The standard InChI is InChI=1S/C9H7ClF3NO4/c1-17-7-5(2-10)14-3-4(8(15)16)6(7)18-9(11,12)13/h3H,2H2,1H3,(H,15,16). The summed E-state index contributed by atoms with van der Waals surface area (Å²) in [5, 5.41) is 8.77. The number of ether oxygens (including phenoxy) is 2. The molecule has 0 atom stereocenters. The summed E-state index contributed by atoms with van der Waals surface area (Å²) >= 11 is 5.46. The molecule has 100 valence electrons. The van der Waals surface area contributed by atoms with Crippen LogP contribution in [0.3, 0.4) is 0 Å². The zero-order valence-corrected chi connectivity index (χ0v) is 9.67. The molecule has 0 spiro atoms. The van der Waals surface area contributed by atoms with Gasteiger partial charge in [0.25, 0.3) is 0 Å². The molecule has 1 aromatic heterocycles. The van der Waals surface area contributed by atoms with Gasteiger partial charge in [-0.2, -0.15) is 0 Å². The molecule has 9 heteroatoms. The van der Waals surface area contributed by atoms with Crippen molar-refractivity contribution < 1.29 is 32.5 Å². The van der Waals surface area contributed by atoms with Gasteiger partial charge in [-0.05, 0) is 0 Å². The summed E-state index contributed by atoms with van der Waals surface area (Å²) in [7, 11) is 1.06. The molecule has 1 aromatic rings. The van der Waals surface area contributed by atoms with Crippen LogP contribution in [0.15, 0.2) is 6.20 Å². The highest BCUT2D eigenvalue weighted by Crippen LogP contribution is 2.37. The van der Waals surface area contributed by atoms with Gasteiger partial charge < -0.3 is 14.6 Å². The van der Waals surface area contributed by atoms with Gasteiger partial charge in [0, 0.05) is 6.20 Å². The van der Waals surface area contributed by atoms with Crippen molar-refractivity contribution in [3.05, 3.63) is 17.5 Å². The molecule has 1 rings (SSSR count). The van der Waals surface area contributed by atoms with E-state index in [0.717, 1.165) is 13.3 Å². The number of methoxy groups -OCH3 is 1. The van der Waals surface area contributed by atoms with Crippen LogP contribution in [-0.2, 0) is 5.88 Å². The highest BCUT2D eigenvalue weighted by molar-refractivity contribution is 6.17. The Kier molecular flexibility index (Phi) is 4.23. The van der Waals surface area contributed by atoms with Crippen LogP contribution in [-0.4, -0.2) is 29.5 Å². The average Bonchev–Trinajstić information content (AvgIpc) is 2.25. The van der Waals surface area contributed by atoms with Crippen LogP contribution in [0.5, 0.6) is 11.5 Å². The summed E-state index contributed by atoms with van der Waals surface area (Å²) in [5.74, 6) is -3.30. The smallest absolute Gasteiger partial charge is 0.491 e. The Labute approximate surface area is 104 Å². The summed E-state index contributed by atoms with van der Waals surface area (Å²) in [6.07, 6.45) is -4.33. The molecule has 0 saturated carbocycles. The summed E-state index contributed by atoms with van der Waals surface area (Å²) < 4.78 is 45.0. The number of carboxylic acid groups (broad SMARTS) is 1. The number of aromatic nitrogens is 1. The molecule has 0 bridgehead atoms. The quantitative estimate of drug-likeness (QED) is 0.861. The molecule has 0 radical (unpaired) electrons. The van der Waals surface area contributed by atoms with E-state index in [1.807, 2.05) is 0 Å². The van der Waals surface area contributed by atoms with E-state index in [1.165, 1.54) is 0 Å². The van der Waals surface area contributed by atoms with Crippen LogP contribution < -0.4 is 9.47 Å². The van der Waals surface area contributed by atoms with Crippen LogP contribution >= 0.6 is 11.6 Å². The SMILES string of the molecule is COc1c(CCl)ncc(C(=O)O)c1OC(F)(F)F. The minimum Gasteiger partial charge on any atom is -0.491 e. The molecule has 0 unspecified atom stereocenters. The third-order valence-corrected chi connectivity index (χ3v) is 2.09. The largest absolute Gasteiger partial charge is 0.573 e. The van der Waals surface area contributed by atoms with E-state index in [9.17, 15) is 18.0 Å². The second kappa shape index (κ2) is 5.30. The summed E-state index contributed by atoms with van der Waals surface area (Å²) in [6.45, 7) is 0. The lowest BCUT2D eigenvalue weighted by Crippen LogP contribution is -2.20. The van der Waals surface area contributed by atoms with Gasteiger partial charge in [0.2, 0.25) is 0 Å². The van der Waals surface area contributed by atoms with Gasteiger partial charge in [-0.25, -0.2) is 4.79 Å². The zero-order chi connectivity index (χ0) is 13.9. The van der Waals surface area contributed by atoms with Gasteiger partial charge in [0.05, 0.1) is 13.0 Å². The summed E-state index contributed by atoms with van der Waals surface area (Å²) in [5.41, 5.74) is -0.818. The first kappa shape index (κ1) is 14.4. The van der Waals surface area contributed by atoms with Crippen molar-refractivity contribution in [3.8, 4) is 11.5 Å². The number of halogens is 4. The predicted octanol–water partition coefficient (Wildman–Crippen LogP) is 2.43. The van der Waals surface area contributed by atoms with Gasteiger partial charge in [0.1, 0.15) is 11.3 Å². The zero-order valence-electron chi connectivity index (χ0n) is 8.92. The van der Waals surface area contributed by atoms with Crippen molar-refractivity contribution >= 4 is 17.6 Å². The molecule has 0 aliphatic carbocycles. The van der Waals surface area contributed by atoms with E-state index in [-0.39, 0.29) is 11.6 Å². The Bertz CT molecular complexity index is 464. The fourth-order valence-corrected chi connectivity index (χ4v) is 1.38. The van der Waals surface area contributed by atoms with E-state index in [2.05, 4.69) is 14.5 Å². The lowest BCUT2D eigenvalue weighted by molar-refractivity contribution is -0.275. The van der Waals surface area contributed by atoms with Gasteiger partial charge in [-0.1, -0.05) is 0 Å². The van der Waals surface area contributed by atoms with E-state index >= 15 is 0 Å². The Morgan fingerprint density at radius 2 is 2.11 bits per heavy atom. The third-order valence-electron chi connectivity index (χ3n) is 1.84. The molecule has 1 heterocycles. The molecule has 5 nitrogen and oxygen atoms in total. The Morgan fingerprint density at radius 3 is 2.50 bits per heavy atom. The molecule has 0 aromatic carbocycles. The highest BCUT2D eigenvalue weighted by Gasteiger charge is 2.35. The number of nitrogens with zero attached hydrogens (tertiary/aromatic N) is 1. The number of aromatic carboxylic acids is 1. The number of rotatable bonds is 4. The van der Waals surface area contributed by atoms with Crippen LogP contribution in [0.25, 0.3) is 0 Å². The Hall–Kier alpha value is -1.70. The van der Waals surface area contributed by atoms with Crippen molar-refractivity contribution in [2.45, 2.75) is 12.2 Å². The maximum atomic E-state index is 12.2.